The minimum Gasteiger partial charge on any atom is -0.322 e. The molecule has 102 valence electrons. The number of nitrogens with one attached hydrogen (secondary N) is 1. The summed E-state index contributed by atoms with van der Waals surface area (Å²) in [5.74, 6) is -1.55. The van der Waals surface area contributed by atoms with Crippen molar-refractivity contribution in [1.29, 1.82) is 0 Å². The Morgan fingerprint density at radius 2 is 2.10 bits per heavy atom. The van der Waals surface area contributed by atoms with E-state index in [1.807, 2.05) is 0 Å². The van der Waals surface area contributed by atoms with Gasteiger partial charge in [-0.05, 0) is 18.2 Å². The second kappa shape index (κ2) is 5.62. The molecule has 0 bridgehead atoms. The molecule has 0 radical (unpaired) electrons. The van der Waals surface area contributed by atoms with Crippen LogP contribution in [0.3, 0.4) is 0 Å². The molecule has 1 heterocycles. The minimum atomic E-state index is -0.864. The lowest BCUT2D eigenvalue weighted by Gasteiger charge is -2.05. The molecule has 2 rings (SSSR count). The molecule has 0 unspecified atom stereocenters. The van der Waals surface area contributed by atoms with E-state index in [-0.39, 0.29) is 10.7 Å². The first kappa shape index (κ1) is 13.9. The molecule has 0 aliphatic heterocycles. The molecule has 0 aliphatic carbocycles. The largest absolute Gasteiger partial charge is 0.322 e. The third-order valence-electron chi connectivity index (χ3n) is 2.34. The Morgan fingerprint density at radius 3 is 2.75 bits per heavy atom. The van der Waals surface area contributed by atoms with Crippen molar-refractivity contribution < 1.29 is 14.1 Å². The fourth-order valence-electron chi connectivity index (χ4n) is 1.49. The number of hydrogen-bond donors (Lipinski definition) is 1. The molecule has 6 nitrogen and oxygen atoms in total. The number of nitro groups is 1. The molecular formula is C12H7ClFN3O3. The van der Waals surface area contributed by atoms with Crippen LogP contribution in [0.4, 0.5) is 15.8 Å². The van der Waals surface area contributed by atoms with E-state index < -0.39 is 22.3 Å². The average Bonchev–Trinajstić information content (AvgIpc) is 2.37. The molecule has 0 spiro atoms. The fourth-order valence-corrected chi connectivity index (χ4v) is 1.67. The highest BCUT2D eigenvalue weighted by atomic mass is 35.5. The first-order valence-electron chi connectivity index (χ1n) is 5.33. The number of hydrogen-bond acceptors (Lipinski definition) is 4. The summed E-state index contributed by atoms with van der Waals surface area (Å²) in [7, 11) is 0. The lowest BCUT2D eigenvalue weighted by molar-refractivity contribution is -0.385. The van der Waals surface area contributed by atoms with E-state index in [4.69, 9.17) is 11.6 Å². The highest BCUT2D eigenvalue weighted by Crippen LogP contribution is 2.18. The SMILES string of the molecule is O=C(Nc1ccnc(Cl)c1)c1cc(F)cc([N+](=O)[O-])c1. The molecule has 2 aromatic rings. The highest BCUT2D eigenvalue weighted by Gasteiger charge is 2.15. The van der Waals surface area contributed by atoms with Crippen LogP contribution in [0, 0.1) is 15.9 Å². The molecule has 0 atom stereocenters. The van der Waals surface area contributed by atoms with Crippen LogP contribution in [0.2, 0.25) is 5.15 Å². The lowest BCUT2D eigenvalue weighted by Crippen LogP contribution is -2.12. The van der Waals surface area contributed by atoms with Gasteiger partial charge < -0.3 is 5.32 Å². The second-order valence-electron chi connectivity index (χ2n) is 3.78. The van der Waals surface area contributed by atoms with Gasteiger partial charge in [-0.2, -0.15) is 0 Å². The number of nitrogens with zero attached hydrogens (tertiary/aromatic N) is 2. The topological polar surface area (TPSA) is 85.1 Å². The number of carbonyl (C=O) groups is 1. The van der Waals surface area contributed by atoms with Crippen molar-refractivity contribution >= 4 is 28.9 Å². The first-order valence-corrected chi connectivity index (χ1v) is 5.71. The minimum absolute atomic E-state index is 0.162. The van der Waals surface area contributed by atoms with Gasteiger partial charge in [0.15, 0.2) is 0 Å². The van der Waals surface area contributed by atoms with Crippen LogP contribution in [-0.2, 0) is 0 Å². The molecule has 1 aromatic heterocycles. The molecule has 0 fully saturated rings. The van der Waals surface area contributed by atoms with Crippen molar-refractivity contribution in [2.45, 2.75) is 0 Å². The highest BCUT2D eigenvalue weighted by molar-refractivity contribution is 6.29. The van der Waals surface area contributed by atoms with Crippen molar-refractivity contribution in [2.75, 3.05) is 5.32 Å². The maximum atomic E-state index is 13.2. The van der Waals surface area contributed by atoms with Crippen molar-refractivity contribution in [3.8, 4) is 0 Å². The van der Waals surface area contributed by atoms with E-state index in [9.17, 15) is 19.3 Å². The number of benzene rings is 1. The van der Waals surface area contributed by atoms with E-state index in [2.05, 4.69) is 10.3 Å². The van der Waals surface area contributed by atoms with Crippen LogP contribution in [0.5, 0.6) is 0 Å². The van der Waals surface area contributed by atoms with Crippen LogP contribution in [0.25, 0.3) is 0 Å². The van der Waals surface area contributed by atoms with Gasteiger partial charge >= 0.3 is 0 Å². The van der Waals surface area contributed by atoms with Crippen molar-refractivity contribution in [3.05, 3.63) is 63.2 Å². The molecule has 0 saturated heterocycles. The summed E-state index contributed by atoms with van der Waals surface area (Å²) in [5, 5.41) is 13.2. The third-order valence-corrected chi connectivity index (χ3v) is 2.55. The van der Waals surface area contributed by atoms with Gasteiger partial charge in [-0.15, -0.1) is 0 Å². The zero-order valence-corrected chi connectivity index (χ0v) is 10.6. The van der Waals surface area contributed by atoms with E-state index in [0.717, 1.165) is 18.2 Å². The van der Waals surface area contributed by atoms with Crippen molar-refractivity contribution in [3.63, 3.8) is 0 Å². The summed E-state index contributed by atoms with van der Waals surface area (Å²) in [6.45, 7) is 0. The molecule has 8 heteroatoms. The van der Waals surface area contributed by atoms with E-state index in [1.54, 1.807) is 0 Å². The van der Waals surface area contributed by atoms with Gasteiger partial charge in [-0.3, -0.25) is 14.9 Å². The zero-order valence-electron chi connectivity index (χ0n) is 9.84. The van der Waals surface area contributed by atoms with Gasteiger partial charge in [-0.1, -0.05) is 11.6 Å². The lowest BCUT2D eigenvalue weighted by atomic mass is 10.2. The van der Waals surface area contributed by atoms with Crippen molar-refractivity contribution in [1.82, 2.24) is 4.98 Å². The monoisotopic (exact) mass is 295 g/mol. The van der Waals surface area contributed by atoms with E-state index in [0.29, 0.717) is 5.69 Å². The van der Waals surface area contributed by atoms with Crippen LogP contribution < -0.4 is 5.32 Å². The fraction of sp³-hybridized carbons (Fsp3) is 0. The smallest absolute Gasteiger partial charge is 0.273 e. The predicted molar refractivity (Wildman–Crippen MR) is 70.3 cm³/mol. The standard InChI is InChI=1S/C12H7ClFN3O3/c13-11-6-9(1-2-15-11)16-12(18)7-3-8(14)5-10(4-7)17(19)20/h1-6H,(H,15,16,18). The van der Waals surface area contributed by atoms with Crippen LogP contribution in [0.1, 0.15) is 10.4 Å². The quantitative estimate of drug-likeness (QED) is 0.536. The average molecular weight is 296 g/mol. The Labute approximate surface area is 117 Å². The molecule has 0 aliphatic rings. The molecular weight excluding hydrogens is 289 g/mol. The Bertz CT molecular complexity index is 693. The Balaban J connectivity index is 2.27. The van der Waals surface area contributed by atoms with Crippen LogP contribution >= 0.6 is 11.6 Å². The number of anilines is 1. The summed E-state index contributed by atoms with van der Waals surface area (Å²) in [5.41, 5.74) is -0.311. The second-order valence-corrected chi connectivity index (χ2v) is 4.16. The molecule has 1 N–H and O–H groups in total. The van der Waals surface area contributed by atoms with Gasteiger partial charge in [0.05, 0.1) is 11.0 Å². The van der Waals surface area contributed by atoms with E-state index >= 15 is 0 Å². The Morgan fingerprint density at radius 1 is 1.35 bits per heavy atom. The number of rotatable bonds is 3. The van der Waals surface area contributed by atoms with Gasteiger partial charge in [0.25, 0.3) is 11.6 Å². The number of halogens is 2. The number of amides is 1. The maximum Gasteiger partial charge on any atom is 0.273 e. The van der Waals surface area contributed by atoms with Gasteiger partial charge in [-0.25, -0.2) is 9.37 Å². The number of carbonyl (C=O) groups excluding carboxylic acids is 1. The number of non-ortho nitro benzene ring substituents is 1. The number of aromatic nitrogens is 1. The summed E-state index contributed by atoms with van der Waals surface area (Å²) in [6, 6.07) is 5.51. The van der Waals surface area contributed by atoms with Crippen molar-refractivity contribution in [2.24, 2.45) is 0 Å². The maximum absolute atomic E-state index is 13.2. The summed E-state index contributed by atoms with van der Waals surface area (Å²) < 4.78 is 13.2. The Hall–Kier alpha value is -2.54. The van der Waals surface area contributed by atoms with E-state index in [1.165, 1.54) is 18.3 Å². The molecule has 1 amide bonds. The molecule has 1 aromatic carbocycles. The summed E-state index contributed by atoms with van der Waals surface area (Å²) >= 11 is 5.65. The number of pyridine rings is 1. The molecule has 20 heavy (non-hydrogen) atoms. The van der Waals surface area contributed by atoms with Crippen LogP contribution in [-0.4, -0.2) is 15.8 Å². The summed E-state index contributed by atoms with van der Waals surface area (Å²) in [4.78, 5) is 25.5. The van der Waals surface area contributed by atoms with Gasteiger partial charge in [0.2, 0.25) is 0 Å². The molecule has 0 saturated carbocycles. The number of nitro benzene ring substituents is 1. The first-order chi connectivity index (χ1) is 9.45. The summed E-state index contributed by atoms with van der Waals surface area (Å²) in [6.07, 6.45) is 1.38. The van der Waals surface area contributed by atoms with Crippen LogP contribution in [0.15, 0.2) is 36.5 Å². The predicted octanol–water partition coefficient (Wildman–Crippen LogP) is 3.03. The Kier molecular flexibility index (Phi) is 3.90. The zero-order chi connectivity index (χ0) is 14.7. The normalized spacial score (nSPS) is 10.1. The van der Waals surface area contributed by atoms with Gasteiger partial charge in [0.1, 0.15) is 11.0 Å². The van der Waals surface area contributed by atoms with Gasteiger partial charge in [0, 0.05) is 23.5 Å². The third kappa shape index (κ3) is 3.27.